The maximum Gasteiger partial charge on any atom is 0.244 e. The second kappa shape index (κ2) is 8.73. The van der Waals surface area contributed by atoms with Crippen molar-refractivity contribution in [2.75, 3.05) is 27.3 Å². The number of rotatable bonds is 8. The summed E-state index contributed by atoms with van der Waals surface area (Å²) in [4.78, 5) is 14.5. The summed E-state index contributed by atoms with van der Waals surface area (Å²) in [7, 11) is -1.03. The van der Waals surface area contributed by atoms with E-state index in [1.165, 1.54) is 26.4 Å². The molecule has 1 aliphatic rings. The van der Waals surface area contributed by atoms with Gasteiger partial charge in [-0.15, -0.1) is 0 Å². The van der Waals surface area contributed by atoms with Gasteiger partial charge in [0.05, 0.1) is 14.2 Å². The Kier molecular flexibility index (Phi) is 6.88. The lowest BCUT2D eigenvalue weighted by atomic mass is 10.0. The zero-order valence-corrected chi connectivity index (χ0v) is 16.6. The first-order chi connectivity index (χ1) is 12.3. The van der Waals surface area contributed by atoms with Crippen LogP contribution in [0, 0.1) is 5.92 Å². The fourth-order valence-corrected chi connectivity index (χ4v) is 4.43. The quantitative estimate of drug-likeness (QED) is 0.741. The lowest BCUT2D eigenvalue weighted by Crippen LogP contribution is -2.48. The van der Waals surface area contributed by atoms with Gasteiger partial charge < -0.3 is 14.4 Å². The number of ether oxygens (including phenoxy) is 2. The number of nitrogens with one attached hydrogen (secondary N) is 1. The van der Waals surface area contributed by atoms with Crippen LogP contribution in [0.2, 0.25) is 0 Å². The molecule has 7 nitrogen and oxygen atoms in total. The minimum absolute atomic E-state index is 0.0104. The molecule has 146 valence electrons. The minimum atomic E-state index is -3.93. The Morgan fingerprint density at radius 2 is 1.85 bits per heavy atom. The van der Waals surface area contributed by atoms with Gasteiger partial charge in [0.15, 0.2) is 0 Å². The van der Waals surface area contributed by atoms with E-state index in [1.54, 1.807) is 11.0 Å². The molecule has 0 spiro atoms. The van der Waals surface area contributed by atoms with Crippen LogP contribution in [0.5, 0.6) is 11.5 Å². The number of benzene rings is 1. The van der Waals surface area contributed by atoms with E-state index in [9.17, 15) is 13.2 Å². The average Bonchev–Trinajstić information content (AvgIpc) is 3.13. The van der Waals surface area contributed by atoms with E-state index in [-0.39, 0.29) is 22.5 Å². The van der Waals surface area contributed by atoms with E-state index in [4.69, 9.17) is 9.47 Å². The third-order valence-corrected chi connectivity index (χ3v) is 5.89. The maximum atomic E-state index is 12.9. The number of hydrogen-bond acceptors (Lipinski definition) is 5. The van der Waals surface area contributed by atoms with Gasteiger partial charge in [-0.3, -0.25) is 4.79 Å². The van der Waals surface area contributed by atoms with Crippen LogP contribution in [0.25, 0.3) is 0 Å². The predicted octanol–water partition coefficient (Wildman–Crippen LogP) is 2.02. The number of amides is 1. The van der Waals surface area contributed by atoms with E-state index in [1.807, 2.05) is 13.8 Å². The Hall–Kier alpha value is -1.80. The average molecular weight is 384 g/mol. The molecule has 1 N–H and O–H groups in total. The Balaban J connectivity index is 2.29. The molecular formula is C18H28N2O5S. The van der Waals surface area contributed by atoms with E-state index in [2.05, 4.69) is 4.72 Å². The van der Waals surface area contributed by atoms with E-state index < -0.39 is 16.1 Å². The molecule has 0 saturated carbocycles. The van der Waals surface area contributed by atoms with Crippen LogP contribution in [-0.4, -0.2) is 52.6 Å². The van der Waals surface area contributed by atoms with Crippen molar-refractivity contribution in [3.8, 4) is 11.5 Å². The zero-order valence-electron chi connectivity index (χ0n) is 15.8. The van der Waals surface area contributed by atoms with E-state index >= 15 is 0 Å². The van der Waals surface area contributed by atoms with Crippen molar-refractivity contribution in [1.29, 1.82) is 0 Å². The van der Waals surface area contributed by atoms with Crippen LogP contribution in [0.3, 0.4) is 0 Å². The lowest BCUT2D eigenvalue weighted by Gasteiger charge is -2.25. The summed E-state index contributed by atoms with van der Waals surface area (Å²) < 4.78 is 38.7. The lowest BCUT2D eigenvalue weighted by molar-refractivity contribution is -0.132. The molecule has 1 atom stereocenters. The summed E-state index contributed by atoms with van der Waals surface area (Å²) in [6.07, 6.45) is 2.35. The highest BCUT2D eigenvalue weighted by Gasteiger charge is 2.32. The Labute approximate surface area is 155 Å². The molecule has 0 unspecified atom stereocenters. The normalized spacial score (nSPS) is 16.0. The van der Waals surface area contributed by atoms with Gasteiger partial charge >= 0.3 is 0 Å². The van der Waals surface area contributed by atoms with Crippen LogP contribution in [0.15, 0.2) is 23.1 Å². The Bertz CT molecular complexity index is 727. The number of likely N-dealkylation sites (tertiary alicyclic amines) is 1. The number of carbonyl (C=O) groups excluding carboxylic acids is 1. The molecule has 1 amide bonds. The SMILES string of the molecule is COc1ccc(S(=O)(=O)N[C@H](CC(C)C)C(=O)N2CCCC2)c(OC)c1. The molecule has 1 aromatic rings. The molecule has 1 aliphatic heterocycles. The molecule has 1 heterocycles. The van der Waals surface area contributed by atoms with Crippen molar-refractivity contribution in [1.82, 2.24) is 9.62 Å². The van der Waals surface area contributed by atoms with Gasteiger partial charge in [-0.05, 0) is 37.3 Å². The molecule has 0 aliphatic carbocycles. The van der Waals surface area contributed by atoms with E-state index in [0.717, 1.165) is 12.8 Å². The zero-order chi connectivity index (χ0) is 19.3. The van der Waals surface area contributed by atoms with E-state index in [0.29, 0.717) is 25.3 Å². The first-order valence-corrected chi connectivity index (χ1v) is 10.3. The number of methoxy groups -OCH3 is 2. The third-order valence-electron chi connectivity index (χ3n) is 4.38. The predicted molar refractivity (Wildman–Crippen MR) is 98.9 cm³/mol. The largest absolute Gasteiger partial charge is 0.497 e. The van der Waals surface area contributed by atoms with Gasteiger partial charge in [-0.25, -0.2) is 8.42 Å². The summed E-state index contributed by atoms with van der Waals surface area (Å²) in [6.45, 7) is 5.29. The maximum absolute atomic E-state index is 12.9. The topological polar surface area (TPSA) is 84.9 Å². The minimum Gasteiger partial charge on any atom is -0.497 e. The first-order valence-electron chi connectivity index (χ1n) is 8.81. The highest BCUT2D eigenvalue weighted by molar-refractivity contribution is 7.89. The van der Waals surface area contributed by atoms with Crippen molar-refractivity contribution in [3.63, 3.8) is 0 Å². The molecule has 2 rings (SSSR count). The fourth-order valence-electron chi connectivity index (χ4n) is 3.08. The molecular weight excluding hydrogens is 356 g/mol. The van der Waals surface area contributed by atoms with Crippen LogP contribution >= 0.6 is 0 Å². The second-order valence-corrected chi connectivity index (χ2v) is 8.54. The van der Waals surface area contributed by atoms with Crippen molar-refractivity contribution >= 4 is 15.9 Å². The molecule has 8 heteroatoms. The van der Waals surface area contributed by atoms with Crippen molar-refractivity contribution in [2.45, 2.75) is 44.0 Å². The van der Waals surface area contributed by atoms with Gasteiger partial charge in [0.2, 0.25) is 15.9 Å². The molecule has 1 aromatic carbocycles. The van der Waals surface area contributed by atoms with Gasteiger partial charge in [0.1, 0.15) is 22.4 Å². The number of hydrogen-bond donors (Lipinski definition) is 1. The van der Waals surface area contributed by atoms with Gasteiger partial charge in [-0.1, -0.05) is 13.8 Å². The summed E-state index contributed by atoms with van der Waals surface area (Å²) in [5.41, 5.74) is 0. The summed E-state index contributed by atoms with van der Waals surface area (Å²) in [6, 6.07) is 3.70. The second-order valence-electron chi connectivity index (χ2n) is 6.85. The monoisotopic (exact) mass is 384 g/mol. The van der Waals surface area contributed by atoms with Gasteiger partial charge in [0.25, 0.3) is 0 Å². The Morgan fingerprint density at radius 1 is 1.19 bits per heavy atom. The molecule has 0 aromatic heterocycles. The molecule has 1 saturated heterocycles. The highest BCUT2D eigenvalue weighted by Crippen LogP contribution is 2.29. The van der Waals surface area contributed by atoms with Crippen LogP contribution in [0.1, 0.15) is 33.1 Å². The smallest absolute Gasteiger partial charge is 0.244 e. The van der Waals surface area contributed by atoms with Crippen molar-refractivity contribution in [2.24, 2.45) is 5.92 Å². The summed E-state index contributed by atoms with van der Waals surface area (Å²) >= 11 is 0. The third kappa shape index (κ3) is 4.88. The van der Waals surface area contributed by atoms with Crippen LogP contribution in [0.4, 0.5) is 0 Å². The van der Waals surface area contributed by atoms with Crippen LogP contribution in [-0.2, 0) is 14.8 Å². The van der Waals surface area contributed by atoms with Gasteiger partial charge in [0, 0.05) is 19.2 Å². The molecule has 0 radical (unpaired) electrons. The summed E-state index contributed by atoms with van der Waals surface area (Å²) in [5, 5.41) is 0. The molecule has 1 fully saturated rings. The number of carbonyl (C=O) groups is 1. The van der Waals surface area contributed by atoms with Crippen molar-refractivity contribution in [3.05, 3.63) is 18.2 Å². The van der Waals surface area contributed by atoms with Gasteiger partial charge in [-0.2, -0.15) is 4.72 Å². The standard InChI is InChI=1S/C18H28N2O5S/c1-13(2)11-15(18(21)20-9-5-6-10-20)19-26(22,23)17-8-7-14(24-3)12-16(17)25-4/h7-8,12-13,15,19H,5-6,9-11H2,1-4H3/t15-/m1/s1. The number of sulfonamides is 1. The number of nitrogens with zero attached hydrogens (tertiary/aromatic N) is 1. The summed E-state index contributed by atoms with van der Waals surface area (Å²) in [5.74, 6) is 0.681. The molecule has 26 heavy (non-hydrogen) atoms. The van der Waals surface area contributed by atoms with Crippen molar-refractivity contribution < 1.29 is 22.7 Å². The Morgan fingerprint density at radius 3 is 2.38 bits per heavy atom. The highest BCUT2D eigenvalue weighted by atomic mass is 32.2. The molecule has 0 bridgehead atoms. The fraction of sp³-hybridized carbons (Fsp3) is 0.611. The first kappa shape index (κ1) is 20.5. The van der Waals surface area contributed by atoms with Crippen LogP contribution < -0.4 is 14.2 Å².